The number of nitro benzene ring substituents is 1. The third kappa shape index (κ3) is 4.26. The summed E-state index contributed by atoms with van der Waals surface area (Å²) in [4.78, 5) is 10.3. The summed E-state index contributed by atoms with van der Waals surface area (Å²) in [6.45, 7) is 5.64. The van der Waals surface area contributed by atoms with E-state index in [0.29, 0.717) is 6.54 Å². The lowest BCUT2D eigenvalue weighted by molar-refractivity contribution is -0.384. The predicted molar refractivity (Wildman–Crippen MR) is 82.6 cm³/mol. The third-order valence-corrected chi connectivity index (χ3v) is 4.64. The van der Waals surface area contributed by atoms with Crippen LogP contribution in [0.15, 0.2) is 22.7 Å². The summed E-state index contributed by atoms with van der Waals surface area (Å²) in [7, 11) is 0. The highest BCUT2D eigenvalue weighted by atomic mass is 79.9. The van der Waals surface area contributed by atoms with Crippen LogP contribution < -0.4 is 5.32 Å². The fraction of sp³-hybridized carbons (Fsp3) is 0.571. The van der Waals surface area contributed by atoms with Crippen molar-refractivity contribution < 1.29 is 10.0 Å². The van der Waals surface area contributed by atoms with E-state index in [0.717, 1.165) is 29.4 Å². The highest BCUT2D eigenvalue weighted by Gasteiger charge is 2.24. The first-order valence-corrected chi connectivity index (χ1v) is 7.51. The average Bonchev–Trinajstić information content (AvgIpc) is 2.45. The molecular weight excluding hydrogens is 324 g/mol. The van der Waals surface area contributed by atoms with Crippen molar-refractivity contribution in [2.24, 2.45) is 5.41 Å². The largest absolute Gasteiger partial charge is 0.396 e. The van der Waals surface area contributed by atoms with Crippen LogP contribution in [-0.2, 0) is 6.54 Å². The molecular formula is C14H21BrN2O3. The second-order valence-electron chi connectivity index (χ2n) is 5.00. The lowest BCUT2D eigenvalue weighted by atomic mass is 9.83. The molecule has 0 aliphatic heterocycles. The van der Waals surface area contributed by atoms with E-state index in [2.05, 4.69) is 35.1 Å². The van der Waals surface area contributed by atoms with Gasteiger partial charge in [0.25, 0.3) is 5.69 Å². The first-order chi connectivity index (χ1) is 9.48. The van der Waals surface area contributed by atoms with E-state index in [9.17, 15) is 15.2 Å². The molecule has 0 amide bonds. The molecule has 0 fully saturated rings. The van der Waals surface area contributed by atoms with Gasteiger partial charge in [-0.05, 0) is 24.5 Å². The Hall–Kier alpha value is -0.980. The first kappa shape index (κ1) is 17.1. The molecule has 6 heteroatoms. The fourth-order valence-electron chi connectivity index (χ4n) is 2.03. The van der Waals surface area contributed by atoms with Crippen LogP contribution in [0.1, 0.15) is 32.3 Å². The number of halogens is 1. The van der Waals surface area contributed by atoms with Gasteiger partial charge in [-0.15, -0.1) is 0 Å². The maximum atomic E-state index is 10.7. The molecule has 0 saturated heterocycles. The number of benzene rings is 1. The maximum Gasteiger partial charge on any atom is 0.270 e. The zero-order chi connectivity index (χ0) is 15.2. The van der Waals surface area contributed by atoms with Gasteiger partial charge in [0.05, 0.1) is 4.92 Å². The summed E-state index contributed by atoms with van der Waals surface area (Å²) in [5.74, 6) is 0. The summed E-state index contributed by atoms with van der Waals surface area (Å²) in [6, 6.07) is 4.75. The molecule has 2 N–H and O–H groups in total. The van der Waals surface area contributed by atoms with Gasteiger partial charge >= 0.3 is 0 Å². The topological polar surface area (TPSA) is 75.4 Å². The van der Waals surface area contributed by atoms with Crippen molar-refractivity contribution in [1.29, 1.82) is 0 Å². The number of rotatable bonds is 8. The third-order valence-electron chi connectivity index (χ3n) is 3.90. The second kappa shape index (κ2) is 7.71. The highest BCUT2D eigenvalue weighted by molar-refractivity contribution is 9.10. The van der Waals surface area contributed by atoms with Crippen LogP contribution >= 0.6 is 15.9 Å². The molecule has 0 spiro atoms. The molecule has 0 heterocycles. The molecule has 0 bridgehead atoms. The molecule has 0 aliphatic rings. The Kier molecular flexibility index (Phi) is 6.58. The van der Waals surface area contributed by atoms with Crippen molar-refractivity contribution in [3.63, 3.8) is 0 Å². The van der Waals surface area contributed by atoms with Crippen LogP contribution in [0.2, 0.25) is 0 Å². The molecule has 1 aromatic carbocycles. The molecule has 0 radical (unpaired) electrons. The van der Waals surface area contributed by atoms with Crippen LogP contribution in [0.3, 0.4) is 0 Å². The minimum atomic E-state index is -0.410. The van der Waals surface area contributed by atoms with Crippen molar-refractivity contribution >= 4 is 21.6 Å². The van der Waals surface area contributed by atoms with E-state index in [1.54, 1.807) is 6.07 Å². The van der Waals surface area contributed by atoms with Gasteiger partial charge in [0.2, 0.25) is 0 Å². The van der Waals surface area contributed by atoms with Gasteiger partial charge in [0, 0.05) is 41.7 Å². The number of hydrogen-bond acceptors (Lipinski definition) is 4. The van der Waals surface area contributed by atoms with Crippen molar-refractivity contribution in [3.8, 4) is 0 Å². The Morgan fingerprint density at radius 1 is 1.40 bits per heavy atom. The molecule has 5 nitrogen and oxygen atoms in total. The summed E-state index contributed by atoms with van der Waals surface area (Å²) in [5, 5.41) is 23.5. The molecule has 112 valence electrons. The van der Waals surface area contributed by atoms with Crippen LogP contribution in [0.5, 0.6) is 0 Å². The second-order valence-corrected chi connectivity index (χ2v) is 5.86. The summed E-state index contributed by atoms with van der Waals surface area (Å²) >= 11 is 3.35. The maximum absolute atomic E-state index is 10.7. The van der Waals surface area contributed by atoms with Crippen molar-refractivity contribution in [1.82, 2.24) is 5.32 Å². The number of nitrogens with zero attached hydrogens (tertiary/aromatic N) is 1. The SMILES string of the molecule is CCC(CC)(CO)CNCc1ccc([N+](=O)[O-])cc1Br. The van der Waals surface area contributed by atoms with Crippen molar-refractivity contribution in [2.75, 3.05) is 13.2 Å². The van der Waals surface area contributed by atoms with E-state index < -0.39 is 4.92 Å². The zero-order valence-corrected chi connectivity index (χ0v) is 13.4. The average molecular weight is 345 g/mol. The van der Waals surface area contributed by atoms with Gasteiger partial charge in [-0.2, -0.15) is 0 Å². The quantitative estimate of drug-likeness (QED) is 0.560. The van der Waals surface area contributed by atoms with Crippen LogP contribution in [-0.4, -0.2) is 23.2 Å². The van der Waals surface area contributed by atoms with Crippen LogP contribution in [0, 0.1) is 15.5 Å². The molecule has 0 aromatic heterocycles. The van der Waals surface area contributed by atoms with Gasteiger partial charge in [0.1, 0.15) is 0 Å². The standard InChI is InChI=1S/C14H21BrN2O3/c1-3-14(4-2,10-18)9-16-8-11-5-6-12(17(19)20)7-13(11)15/h5-7,16,18H,3-4,8-10H2,1-2H3. The van der Waals surface area contributed by atoms with E-state index in [4.69, 9.17) is 0 Å². The van der Waals surface area contributed by atoms with Crippen molar-refractivity contribution in [3.05, 3.63) is 38.3 Å². The van der Waals surface area contributed by atoms with Gasteiger partial charge in [-0.1, -0.05) is 29.8 Å². The number of nitrogens with one attached hydrogen (secondary N) is 1. The number of aliphatic hydroxyl groups is 1. The van der Waals surface area contributed by atoms with Crippen LogP contribution in [0.25, 0.3) is 0 Å². The number of non-ortho nitro benzene ring substituents is 1. The normalized spacial score (nSPS) is 11.6. The molecule has 1 aromatic rings. The lowest BCUT2D eigenvalue weighted by Gasteiger charge is -2.29. The molecule has 1 rings (SSSR count). The molecule has 0 atom stereocenters. The number of hydrogen-bond donors (Lipinski definition) is 2. The Morgan fingerprint density at radius 2 is 2.05 bits per heavy atom. The number of aliphatic hydroxyl groups excluding tert-OH is 1. The van der Waals surface area contributed by atoms with Gasteiger partial charge < -0.3 is 10.4 Å². The molecule has 0 aliphatic carbocycles. The minimum absolute atomic E-state index is 0.0763. The monoisotopic (exact) mass is 344 g/mol. The van der Waals surface area contributed by atoms with E-state index in [1.807, 2.05) is 0 Å². The lowest BCUT2D eigenvalue weighted by Crippen LogP contribution is -2.36. The Balaban J connectivity index is 2.64. The van der Waals surface area contributed by atoms with E-state index in [-0.39, 0.29) is 17.7 Å². The fourth-order valence-corrected chi connectivity index (χ4v) is 2.54. The summed E-state index contributed by atoms with van der Waals surface area (Å²) in [6.07, 6.45) is 1.82. The molecule has 20 heavy (non-hydrogen) atoms. The van der Waals surface area contributed by atoms with E-state index in [1.165, 1.54) is 12.1 Å². The number of nitro groups is 1. The van der Waals surface area contributed by atoms with Crippen molar-refractivity contribution in [2.45, 2.75) is 33.2 Å². The molecule has 0 saturated carbocycles. The Morgan fingerprint density at radius 3 is 2.50 bits per heavy atom. The van der Waals surface area contributed by atoms with Gasteiger partial charge in [-0.3, -0.25) is 10.1 Å². The highest BCUT2D eigenvalue weighted by Crippen LogP contribution is 2.26. The molecule has 0 unspecified atom stereocenters. The Bertz CT molecular complexity index is 453. The smallest absolute Gasteiger partial charge is 0.270 e. The zero-order valence-electron chi connectivity index (χ0n) is 11.9. The summed E-state index contributed by atoms with van der Waals surface area (Å²) in [5.41, 5.74) is 0.954. The van der Waals surface area contributed by atoms with Crippen LogP contribution in [0.4, 0.5) is 5.69 Å². The Labute approximate surface area is 127 Å². The van der Waals surface area contributed by atoms with E-state index >= 15 is 0 Å². The minimum Gasteiger partial charge on any atom is -0.396 e. The predicted octanol–water partition coefficient (Wildman–Crippen LogP) is 3.25. The first-order valence-electron chi connectivity index (χ1n) is 6.72. The summed E-state index contributed by atoms with van der Waals surface area (Å²) < 4.78 is 0.724. The van der Waals surface area contributed by atoms with Gasteiger partial charge in [0.15, 0.2) is 0 Å². The van der Waals surface area contributed by atoms with Gasteiger partial charge in [-0.25, -0.2) is 0 Å².